The summed E-state index contributed by atoms with van der Waals surface area (Å²) in [5, 5.41) is 0. The summed E-state index contributed by atoms with van der Waals surface area (Å²) in [6, 6.07) is 2.17. The number of hydrogen-bond donors (Lipinski definition) is 0. The molecule has 1 atom stereocenters. The van der Waals surface area contributed by atoms with Crippen molar-refractivity contribution in [1.29, 1.82) is 0 Å². The maximum absolute atomic E-state index is 6.36. The molecule has 0 bridgehead atoms. The van der Waals surface area contributed by atoms with E-state index in [1.807, 2.05) is 0 Å². The third kappa shape index (κ3) is 14.2. The third-order valence-electron chi connectivity index (χ3n) is 5.60. The van der Waals surface area contributed by atoms with Crippen LogP contribution in [-0.4, -0.2) is 21.8 Å². The van der Waals surface area contributed by atoms with Crippen LogP contribution in [0.3, 0.4) is 0 Å². The summed E-state index contributed by atoms with van der Waals surface area (Å²) < 4.78 is 12.7. The molecule has 0 aromatic rings. The first-order valence-electron chi connectivity index (χ1n) is 11.9. The predicted molar refractivity (Wildman–Crippen MR) is 119 cm³/mol. The second kappa shape index (κ2) is 18.5. The Morgan fingerprint density at radius 2 is 1.12 bits per heavy atom. The van der Waals surface area contributed by atoms with E-state index >= 15 is 0 Å². The molecule has 0 fully saturated rings. The van der Waals surface area contributed by atoms with Gasteiger partial charge in [-0.2, -0.15) is 0 Å². The van der Waals surface area contributed by atoms with Gasteiger partial charge >= 0.3 is 8.56 Å². The molecule has 0 amide bonds. The second-order valence-electron chi connectivity index (χ2n) is 8.21. The van der Waals surface area contributed by atoms with Crippen molar-refractivity contribution in [3.8, 4) is 0 Å². The first kappa shape index (κ1) is 26.1. The van der Waals surface area contributed by atoms with E-state index < -0.39 is 8.56 Å². The minimum atomic E-state index is -1.93. The van der Waals surface area contributed by atoms with E-state index in [1.165, 1.54) is 83.5 Å². The highest BCUT2D eigenvalue weighted by atomic mass is 28.4. The Hall–Kier alpha value is 0.137. The van der Waals surface area contributed by atoms with Crippen LogP contribution >= 0.6 is 0 Å². The van der Waals surface area contributed by atoms with Gasteiger partial charge in [-0.1, -0.05) is 105 Å². The van der Waals surface area contributed by atoms with Gasteiger partial charge in [0.15, 0.2) is 0 Å². The topological polar surface area (TPSA) is 18.5 Å². The largest absolute Gasteiger partial charge is 0.394 e. The van der Waals surface area contributed by atoms with Crippen LogP contribution in [0.1, 0.15) is 118 Å². The van der Waals surface area contributed by atoms with Crippen molar-refractivity contribution in [2.24, 2.45) is 5.92 Å². The van der Waals surface area contributed by atoms with Crippen molar-refractivity contribution in [2.75, 3.05) is 13.2 Å². The molecule has 0 radical (unpaired) electrons. The number of rotatable bonds is 20. The average molecular weight is 387 g/mol. The lowest BCUT2D eigenvalue weighted by molar-refractivity contribution is 0.144. The smallest absolute Gasteiger partial charge is 0.337 e. The minimum Gasteiger partial charge on any atom is -0.394 e. The highest BCUT2D eigenvalue weighted by molar-refractivity contribution is 6.67. The Kier molecular flexibility index (Phi) is 18.6. The van der Waals surface area contributed by atoms with Crippen LogP contribution in [0, 0.1) is 5.92 Å². The van der Waals surface area contributed by atoms with Gasteiger partial charge in [0.1, 0.15) is 0 Å². The van der Waals surface area contributed by atoms with Crippen molar-refractivity contribution in [1.82, 2.24) is 0 Å². The lowest BCUT2D eigenvalue weighted by Crippen LogP contribution is -2.42. The molecular formula is C23H50O2Si. The molecule has 0 aliphatic rings. The van der Waals surface area contributed by atoms with Crippen LogP contribution in [0.25, 0.3) is 0 Å². The molecule has 26 heavy (non-hydrogen) atoms. The Balaban J connectivity index is 3.67. The third-order valence-corrected chi connectivity index (χ3v) is 9.18. The van der Waals surface area contributed by atoms with Crippen LogP contribution in [0.5, 0.6) is 0 Å². The fourth-order valence-electron chi connectivity index (χ4n) is 3.59. The summed E-state index contributed by atoms with van der Waals surface area (Å²) in [6.07, 6.45) is 17.8. The fraction of sp³-hybridized carbons (Fsp3) is 1.00. The molecule has 0 aliphatic heterocycles. The minimum absolute atomic E-state index is 0.663. The van der Waals surface area contributed by atoms with Gasteiger partial charge in [-0.3, -0.25) is 0 Å². The summed E-state index contributed by atoms with van der Waals surface area (Å²) in [4.78, 5) is 0. The van der Waals surface area contributed by atoms with Crippen LogP contribution < -0.4 is 0 Å². The molecule has 0 N–H and O–H groups in total. The zero-order valence-electron chi connectivity index (χ0n) is 18.9. The van der Waals surface area contributed by atoms with Gasteiger partial charge in [0.25, 0.3) is 0 Å². The highest BCUT2D eigenvalue weighted by Gasteiger charge is 2.33. The summed E-state index contributed by atoms with van der Waals surface area (Å²) in [5.74, 6) is 0.663. The van der Waals surface area contributed by atoms with Crippen LogP contribution in [-0.2, 0) is 8.85 Å². The molecule has 0 rings (SSSR count). The first-order chi connectivity index (χ1) is 12.6. The van der Waals surface area contributed by atoms with E-state index in [0.717, 1.165) is 25.3 Å². The normalized spacial score (nSPS) is 13.3. The molecule has 2 nitrogen and oxygen atoms in total. The Bertz CT molecular complexity index is 279. The van der Waals surface area contributed by atoms with Crippen LogP contribution in [0.2, 0.25) is 12.1 Å². The lowest BCUT2D eigenvalue weighted by atomic mass is 10.1. The van der Waals surface area contributed by atoms with Gasteiger partial charge in [-0.15, -0.1) is 0 Å². The Morgan fingerprint density at radius 3 is 1.58 bits per heavy atom. The van der Waals surface area contributed by atoms with Gasteiger partial charge in [0.2, 0.25) is 0 Å². The maximum Gasteiger partial charge on any atom is 0.337 e. The van der Waals surface area contributed by atoms with E-state index in [2.05, 4.69) is 34.6 Å². The average Bonchev–Trinajstić information content (AvgIpc) is 2.65. The van der Waals surface area contributed by atoms with Crippen molar-refractivity contribution < 1.29 is 8.85 Å². The van der Waals surface area contributed by atoms with Gasteiger partial charge in [0.05, 0.1) is 0 Å². The Morgan fingerprint density at radius 1 is 0.615 bits per heavy atom. The fourth-order valence-corrected chi connectivity index (χ4v) is 6.10. The van der Waals surface area contributed by atoms with Gasteiger partial charge in [-0.25, -0.2) is 0 Å². The van der Waals surface area contributed by atoms with Crippen molar-refractivity contribution >= 4 is 8.56 Å². The Labute approximate surface area is 167 Å². The standard InChI is InChI=1S/C23H50O2Si/c1-6-10-11-12-13-14-15-16-17-18-19-21-24-26(8-3,9-4)25-22-23(5)20-7-2/h23H,6-22H2,1-5H3. The quantitative estimate of drug-likeness (QED) is 0.155. The SMILES string of the molecule is CCCCCCCCCCCCCO[Si](CC)(CC)OCC(C)CCC. The van der Waals surface area contributed by atoms with Gasteiger partial charge in [0, 0.05) is 13.2 Å². The van der Waals surface area contributed by atoms with E-state index in [-0.39, 0.29) is 0 Å². The molecule has 0 spiro atoms. The van der Waals surface area contributed by atoms with Crippen molar-refractivity contribution in [2.45, 2.75) is 130 Å². The monoisotopic (exact) mass is 386 g/mol. The van der Waals surface area contributed by atoms with E-state index in [1.54, 1.807) is 0 Å². The number of unbranched alkanes of at least 4 members (excludes halogenated alkanes) is 10. The highest BCUT2D eigenvalue weighted by Crippen LogP contribution is 2.21. The molecule has 0 saturated carbocycles. The second-order valence-corrected chi connectivity index (χ2v) is 12.0. The van der Waals surface area contributed by atoms with Crippen molar-refractivity contribution in [3.05, 3.63) is 0 Å². The van der Waals surface area contributed by atoms with Crippen molar-refractivity contribution in [3.63, 3.8) is 0 Å². The summed E-state index contributed by atoms with van der Waals surface area (Å²) >= 11 is 0. The van der Waals surface area contributed by atoms with Crippen LogP contribution in [0.4, 0.5) is 0 Å². The van der Waals surface area contributed by atoms with E-state index in [0.29, 0.717) is 5.92 Å². The lowest BCUT2D eigenvalue weighted by Gasteiger charge is -2.30. The molecule has 0 aromatic heterocycles. The first-order valence-corrected chi connectivity index (χ1v) is 14.1. The molecular weight excluding hydrogens is 336 g/mol. The van der Waals surface area contributed by atoms with E-state index in [9.17, 15) is 0 Å². The maximum atomic E-state index is 6.36. The predicted octanol–water partition coefficient (Wildman–Crippen LogP) is 8.25. The van der Waals surface area contributed by atoms with Gasteiger partial charge < -0.3 is 8.85 Å². The van der Waals surface area contributed by atoms with E-state index in [4.69, 9.17) is 8.85 Å². The van der Waals surface area contributed by atoms with Crippen LogP contribution in [0.15, 0.2) is 0 Å². The molecule has 1 unspecified atom stereocenters. The zero-order valence-corrected chi connectivity index (χ0v) is 19.9. The molecule has 0 aliphatic carbocycles. The molecule has 158 valence electrons. The van der Waals surface area contributed by atoms with Gasteiger partial charge in [-0.05, 0) is 30.8 Å². The molecule has 3 heteroatoms. The number of hydrogen-bond acceptors (Lipinski definition) is 2. The summed E-state index contributed by atoms with van der Waals surface area (Å²) in [6.45, 7) is 13.1. The summed E-state index contributed by atoms with van der Waals surface area (Å²) in [7, 11) is -1.93. The molecule has 0 saturated heterocycles. The zero-order chi connectivity index (χ0) is 19.5. The molecule has 0 heterocycles. The molecule has 0 aromatic carbocycles. The summed E-state index contributed by atoms with van der Waals surface area (Å²) in [5.41, 5.74) is 0.